The van der Waals surface area contributed by atoms with Crippen LogP contribution in [0.1, 0.15) is 59.7 Å². The molecular formula is C26H28N2O. The number of carbonyl (C=O) groups excluding carboxylic acids is 1. The molecule has 29 heavy (non-hydrogen) atoms. The lowest BCUT2D eigenvalue weighted by molar-refractivity contribution is -0.134. The van der Waals surface area contributed by atoms with Crippen molar-refractivity contribution in [2.24, 2.45) is 0 Å². The van der Waals surface area contributed by atoms with Crippen molar-refractivity contribution in [1.82, 2.24) is 9.88 Å². The van der Waals surface area contributed by atoms with Gasteiger partial charge in [-0.15, -0.1) is 0 Å². The average molecular weight is 385 g/mol. The minimum Gasteiger partial charge on any atom is -0.332 e. The molecule has 0 aliphatic heterocycles. The van der Waals surface area contributed by atoms with E-state index in [1.54, 1.807) is 0 Å². The Morgan fingerprint density at radius 2 is 1.79 bits per heavy atom. The van der Waals surface area contributed by atoms with E-state index in [2.05, 4.69) is 48.2 Å². The van der Waals surface area contributed by atoms with Crippen LogP contribution in [-0.4, -0.2) is 21.8 Å². The highest BCUT2D eigenvalue weighted by molar-refractivity contribution is 5.87. The zero-order valence-electron chi connectivity index (χ0n) is 17.3. The molecule has 3 nitrogen and oxygen atoms in total. The summed E-state index contributed by atoms with van der Waals surface area (Å²) in [6.07, 6.45) is 6.09. The lowest BCUT2D eigenvalue weighted by Crippen LogP contribution is -2.39. The molecule has 2 aliphatic rings. The molecule has 1 fully saturated rings. The number of hydrogen-bond donors (Lipinski definition) is 0. The molecule has 0 N–H and O–H groups in total. The van der Waals surface area contributed by atoms with E-state index in [9.17, 15) is 4.79 Å². The Bertz CT molecular complexity index is 1080. The fourth-order valence-electron chi connectivity index (χ4n) is 5.08. The molecule has 1 aromatic heterocycles. The van der Waals surface area contributed by atoms with Gasteiger partial charge in [-0.25, -0.2) is 0 Å². The average Bonchev–Trinajstić information content (AvgIpc) is 3.56. The summed E-state index contributed by atoms with van der Waals surface area (Å²) in [7, 11) is 0. The second kappa shape index (κ2) is 7.29. The maximum atomic E-state index is 13.6. The molecule has 2 aliphatic carbocycles. The molecule has 0 radical (unpaired) electrons. The van der Waals surface area contributed by atoms with Gasteiger partial charge in [-0.2, -0.15) is 0 Å². The first-order valence-corrected chi connectivity index (χ1v) is 10.9. The van der Waals surface area contributed by atoms with Crippen molar-refractivity contribution in [1.29, 1.82) is 0 Å². The van der Waals surface area contributed by atoms with E-state index in [0.29, 0.717) is 12.5 Å². The summed E-state index contributed by atoms with van der Waals surface area (Å²) in [5.74, 6) is 0.262. The minimum absolute atomic E-state index is 0.231. The largest absolute Gasteiger partial charge is 0.332 e. The third-order valence-corrected chi connectivity index (χ3v) is 6.72. The van der Waals surface area contributed by atoms with E-state index < -0.39 is 0 Å². The van der Waals surface area contributed by atoms with E-state index in [1.165, 1.54) is 16.7 Å². The molecule has 0 spiro atoms. The second-order valence-corrected chi connectivity index (χ2v) is 8.63. The molecule has 1 amide bonds. The summed E-state index contributed by atoms with van der Waals surface area (Å²) in [5, 5.41) is 1.15. The predicted molar refractivity (Wildman–Crippen MR) is 117 cm³/mol. The topological polar surface area (TPSA) is 33.2 Å². The molecule has 0 bridgehead atoms. The highest BCUT2D eigenvalue weighted by atomic mass is 16.2. The van der Waals surface area contributed by atoms with E-state index in [-0.39, 0.29) is 11.9 Å². The number of carbonyl (C=O) groups is 1. The molecule has 1 atom stereocenters. The van der Waals surface area contributed by atoms with Gasteiger partial charge >= 0.3 is 0 Å². The van der Waals surface area contributed by atoms with Gasteiger partial charge in [0.05, 0.1) is 18.0 Å². The zero-order chi connectivity index (χ0) is 20.0. The van der Waals surface area contributed by atoms with Crippen LogP contribution in [0.4, 0.5) is 0 Å². The smallest absolute Gasteiger partial charge is 0.227 e. The van der Waals surface area contributed by atoms with Gasteiger partial charge in [-0.3, -0.25) is 9.78 Å². The van der Waals surface area contributed by atoms with Gasteiger partial charge in [0.15, 0.2) is 0 Å². The van der Waals surface area contributed by atoms with Crippen LogP contribution in [0.2, 0.25) is 0 Å². The third kappa shape index (κ3) is 3.33. The van der Waals surface area contributed by atoms with Gasteiger partial charge < -0.3 is 4.90 Å². The van der Waals surface area contributed by atoms with Crippen molar-refractivity contribution in [2.75, 3.05) is 0 Å². The number of pyridine rings is 1. The van der Waals surface area contributed by atoms with Crippen molar-refractivity contribution in [3.05, 3.63) is 76.5 Å². The number of para-hydroxylation sites is 1. The summed E-state index contributed by atoms with van der Waals surface area (Å²) in [5.41, 5.74) is 7.07. The lowest BCUT2D eigenvalue weighted by Gasteiger charge is -2.36. The number of fused-ring (bicyclic) bond motifs is 2. The molecule has 148 valence electrons. The number of hydrogen-bond acceptors (Lipinski definition) is 2. The van der Waals surface area contributed by atoms with Crippen LogP contribution in [0.25, 0.3) is 10.9 Å². The van der Waals surface area contributed by atoms with Crippen molar-refractivity contribution < 1.29 is 4.79 Å². The SMILES string of the molecule is Cc1nc2ccccc2c(C)c1CC(=O)N(C1CC1)C1CCCc2ccccc21. The first-order valence-electron chi connectivity index (χ1n) is 10.9. The number of nitrogens with zero attached hydrogens (tertiary/aromatic N) is 2. The Hall–Kier alpha value is -2.68. The first kappa shape index (κ1) is 18.4. The highest BCUT2D eigenvalue weighted by Gasteiger charge is 2.39. The molecule has 1 unspecified atom stereocenters. The molecular weight excluding hydrogens is 356 g/mol. The molecule has 0 saturated heterocycles. The number of aromatic nitrogens is 1. The van der Waals surface area contributed by atoms with Crippen molar-refractivity contribution >= 4 is 16.8 Å². The highest BCUT2D eigenvalue weighted by Crippen LogP contribution is 2.41. The Balaban J connectivity index is 1.49. The number of aryl methyl sites for hydroxylation is 3. The van der Waals surface area contributed by atoms with Crippen molar-refractivity contribution in [2.45, 2.75) is 64.5 Å². The Labute approximate surface area is 172 Å². The molecule has 3 aromatic rings. The van der Waals surface area contributed by atoms with E-state index >= 15 is 0 Å². The van der Waals surface area contributed by atoms with Crippen LogP contribution >= 0.6 is 0 Å². The normalized spacial score (nSPS) is 18.5. The first-order chi connectivity index (χ1) is 14.1. The predicted octanol–water partition coefficient (Wildman–Crippen LogP) is 5.46. The van der Waals surface area contributed by atoms with Gasteiger partial charge in [0, 0.05) is 17.1 Å². The maximum Gasteiger partial charge on any atom is 0.227 e. The fraction of sp³-hybridized carbons (Fsp3) is 0.385. The van der Waals surface area contributed by atoms with Crippen LogP contribution in [0.15, 0.2) is 48.5 Å². The monoisotopic (exact) mass is 384 g/mol. The Kier molecular flexibility index (Phi) is 4.61. The Morgan fingerprint density at radius 1 is 1.03 bits per heavy atom. The van der Waals surface area contributed by atoms with Crippen LogP contribution in [0.5, 0.6) is 0 Å². The minimum atomic E-state index is 0.231. The van der Waals surface area contributed by atoms with E-state index in [0.717, 1.165) is 54.3 Å². The van der Waals surface area contributed by atoms with Gasteiger partial charge in [-0.05, 0) is 74.3 Å². The summed E-state index contributed by atoms with van der Waals surface area (Å²) in [4.78, 5) is 20.7. The van der Waals surface area contributed by atoms with Gasteiger partial charge in [0.1, 0.15) is 0 Å². The number of benzene rings is 2. The lowest BCUT2D eigenvalue weighted by atomic mass is 9.86. The zero-order valence-corrected chi connectivity index (χ0v) is 17.3. The van der Waals surface area contributed by atoms with Crippen LogP contribution < -0.4 is 0 Å². The van der Waals surface area contributed by atoms with Crippen molar-refractivity contribution in [3.63, 3.8) is 0 Å². The number of amides is 1. The molecule has 1 heterocycles. The number of rotatable bonds is 4. The van der Waals surface area contributed by atoms with Crippen LogP contribution in [-0.2, 0) is 17.6 Å². The second-order valence-electron chi connectivity index (χ2n) is 8.63. The summed E-state index contributed by atoms with van der Waals surface area (Å²) >= 11 is 0. The van der Waals surface area contributed by atoms with Crippen LogP contribution in [0, 0.1) is 13.8 Å². The quantitative estimate of drug-likeness (QED) is 0.598. The van der Waals surface area contributed by atoms with Gasteiger partial charge in [-0.1, -0.05) is 42.5 Å². The Morgan fingerprint density at radius 3 is 2.62 bits per heavy atom. The third-order valence-electron chi connectivity index (χ3n) is 6.72. The summed E-state index contributed by atoms with van der Waals surface area (Å²) in [6, 6.07) is 17.6. The molecule has 2 aromatic carbocycles. The van der Waals surface area contributed by atoms with E-state index in [1.807, 2.05) is 19.1 Å². The van der Waals surface area contributed by atoms with Crippen molar-refractivity contribution in [3.8, 4) is 0 Å². The molecule has 1 saturated carbocycles. The molecule has 5 rings (SSSR count). The fourth-order valence-corrected chi connectivity index (χ4v) is 5.08. The summed E-state index contributed by atoms with van der Waals surface area (Å²) < 4.78 is 0. The van der Waals surface area contributed by atoms with Gasteiger partial charge in [0.25, 0.3) is 0 Å². The van der Waals surface area contributed by atoms with Gasteiger partial charge in [0.2, 0.25) is 5.91 Å². The van der Waals surface area contributed by atoms with Crippen LogP contribution in [0.3, 0.4) is 0 Å². The standard InChI is InChI=1S/C26H28N2O/c1-17-21-10-5-6-12-24(21)27-18(2)23(17)16-26(29)28(20-14-15-20)25-13-7-9-19-8-3-4-11-22(19)25/h3-6,8,10-12,20,25H,7,9,13-16H2,1-2H3. The summed E-state index contributed by atoms with van der Waals surface area (Å²) in [6.45, 7) is 4.18. The maximum absolute atomic E-state index is 13.6. The van der Waals surface area contributed by atoms with E-state index in [4.69, 9.17) is 4.98 Å². The molecule has 3 heteroatoms.